The van der Waals surface area contributed by atoms with Crippen molar-refractivity contribution in [3.63, 3.8) is 0 Å². The zero-order chi connectivity index (χ0) is 38.6. The van der Waals surface area contributed by atoms with Crippen LogP contribution >= 0.6 is 11.6 Å². The lowest BCUT2D eigenvalue weighted by atomic mass is 10.1. The lowest BCUT2D eigenvalue weighted by molar-refractivity contribution is -0.385. The van der Waals surface area contributed by atoms with Gasteiger partial charge in [0, 0.05) is 19.2 Å². The quantitative estimate of drug-likeness (QED) is 0.0900. The van der Waals surface area contributed by atoms with Crippen molar-refractivity contribution < 1.29 is 64.9 Å². The summed E-state index contributed by atoms with van der Waals surface area (Å²) in [6.45, 7) is 0.408. The smallest absolute Gasteiger partial charge is 0.416 e. The molecule has 3 N–H and O–H groups in total. The van der Waals surface area contributed by atoms with Gasteiger partial charge in [0.05, 0.1) is 36.3 Å². The van der Waals surface area contributed by atoms with Crippen LogP contribution in [0.3, 0.4) is 0 Å². The summed E-state index contributed by atoms with van der Waals surface area (Å²) >= 11 is 5.72. The average Bonchev–Trinajstić information content (AvgIpc) is 3.08. The molecule has 2 amide bonds. The third-order valence-corrected chi connectivity index (χ3v) is 7.64. The molecule has 0 unspecified atom stereocenters. The minimum atomic E-state index is -4.58. The van der Waals surface area contributed by atoms with Gasteiger partial charge >= 0.3 is 30.2 Å². The molecule has 23 heteroatoms. The summed E-state index contributed by atoms with van der Waals surface area (Å²) in [7, 11) is -0.133. The van der Waals surface area contributed by atoms with Crippen molar-refractivity contribution in [2.45, 2.75) is 11.1 Å². The Morgan fingerprint density at radius 2 is 1.60 bits per heavy atom. The van der Waals surface area contributed by atoms with Gasteiger partial charge in [-0.25, -0.2) is 22.7 Å². The molecule has 18 nitrogen and oxygen atoms in total. The van der Waals surface area contributed by atoms with Gasteiger partial charge in [-0.15, -0.1) is 4.98 Å². The first-order valence-electron chi connectivity index (χ1n) is 13.9. The van der Waals surface area contributed by atoms with Crippen molar-refractivity contribution in [1.82, 2.24) is 19.7 Å². The molecule has 3 aromatic carbocycles. The number of nitrogens with zero attached hydrogens (tertiary/aromatic N) is 4. The fourth-order valence-corrected chi connectivity index (χ4v) is 4.98. The molecule has 4 rings (SSSR count). The molecule has 0 radical (unpaired) electrons. The topological polar surface area (TPSA) is 241 Å². The van der Waals surface area contributed by atoms with Crippen LogP contribution in [0, 0.1) is 10.1 Å². The highest BCUT2D eigenvalue weighted by atomic mass is 35.5. The standard InChI is InChI=1S/C15H19N5O7S.C14H7ClF3NO5/c1-24-8-9-27-10-6-4-5-7-11(10)28(22,23)20-13(21)16-12-17-14(25-2)19-15(18-12)26-3;15-10-5-7(14(16,17)18)1-4-12(10)24-8-2-3-11(19(22)23)9(6-8)13(20)21/h4-7H,8-9H2,1-3H3,(H2,16,17,18,19,20,21);1-6H,(H,20,21). The number of carbonyl (C=O) groups excluding carboxylic acids is 1. The van der Waals surface area contributed by atoms with Crippen LogP contribution in [0.2, 0.25) is 5.02 Å². The normalized spacial score (nSPS) is 11.0. The van der Waals surface area contributed by atoms with Gasteiger partial charge < -0.3 is 28.8 Å². The molecule has 0 aliphatic rings. The van der Waals surface area contributed by atoms with E-state index in [0.717, 1.165) is 30.3 Å². The molecule has 0 bridgehead atoms. The van der Waals surface area contributed by atoms with Crippen LogP contribution < -0.4 is 29.0 Å². The zero-order valence-electron chi connectivity index (χ0n) is 26.8. The van der Waals surface area contributed by atoms with E-state index in [1.54, 1.807) is 6.07 Å². The maximum absolute atomic E-state index is 12.6. The number of nitro benzene ring substituents is 1. The van der Waals surface area contributed by atoms with E-state index in [0.29, 0.717) is 6.07 Å². The van der Waals surface area contributed by atoms with E-state index in [2.05, 4.69) is 20.3 Å². The van der Waals surface area contributed by atoms with Crippen molar-refractivity contribution in [2.24, 2.45) is 0 Å². The highest BCUT2D eigenvalue weighted by Gasteiger charge is 2.31. The third kappa shape index (κ3) is 11.3. The predicted octanol–water partition coefficient (Wildman–Crippen LogP) is 5.18. The summed E-state index contributed by atoms with van der Waals surface area (Å²) in [5.74, 6) is -2.02. The van der Waals surface area contributed by atoms with Crippen LogP contribution in [0.1, 0.15) is 15.9 Å². The number of carboxylic acids is 1. The number of methoxy groups -OCH3 is 3. The lowest BCUT2D eigenvalue weighted by Gasteiger charge is -2.12. The van der Waals surface area contributed by atoms with Gasteiger partial charge in [-0.05, 0) is 36.4 Å². The second-order valence-corrected chi connectivity index (χ2v) is 11.5. The number of sulfonamides is 1. The molecule has 278 valence electrons. The van der Waals surface area contributed by atoms with Crippen molar-refractivity contribution in [3.05, 3.63) is 86.9 Å². The number of carbonyl (C=O) groups is 2. The van der Waals surface area contributed by atoms with Crippen LogP contribution in [-0.2, 0) is 20.9 Å². The third-order valence-electron chi connectivity index (χ3n) is 5.98. The number of aromatic carboxylic acids is 1. The Morgan fingerprint density at radius 3 is 2.15 bits per heavy atom. The Hall–Kier alpha value is -6.00. The largest absolute Gasteiger partial charge is 0.490 e. The lowest BCUT2D eigenvalue weighted by Crippen LogP contribution is -2.35. The first kappa shape index (κ1) is 40.4. The highest BCUT2D eigenvalue weighted by Crippen LogP contribution is 2.37. The molecule has 0 fully saturated rings. The van der Waals surface area contributed by atoms with E-state index < -0.39 is 49.9 Å². The minimum absolute atomic E-state index is 0.0725. The number of carboxylic acid groups (broad SMARTS) is 1. The Kier molecular flexibility index (Phi) is 13.8. The van der Waals surface area contributed by atoms with Gasteiger partial charge in [0.1, 0.15) is 34.3 Å². The Labute approximate surface area is 296 Å². The highest BCUT2D eigenvalue weighted by molar-refractivity contribution is 7.90. The number of amides is 2. The second kappa shape index (κ2) is 17.8. The number of alkyl halides is 3. The number of para-hydroxylation sites is 1. The van der Waals surface area contributed by atoms with E-state index in [1.165, 1.54) is 39.5 Å². The number of nitro groups is 1. The zero-order valence-corrected chi connectivity index (χ0v) is 28.4. The van der Waals surface area contributed by atoms with Crippen LogP contribution in [0.5, 0.6) is 29.3 Å². The van der Waals surface area contributed by atoms with Gasteiger partial charge in [0.15, 0.2) is 0 Å². The molecule has 0 atom stereocenters. The number of hydrogen-bond acceptors (Lipinski definition) is 14. The number of ether oxygens (including phenoxy) is 5. The summed E-state index contributed by atoms with van der Waals surface area (Å²) in [6, 6.07) is 9.78. The van der Waals surface area contributed by atoms with E-state index in [-0.39, 0.29) is 58.3 Å². The van der Waals surface area contributed by atoms with E-state index in [9.17, 15) is 41.3 Å². The van der Waals surface area contributed by atoms with E-state index in [1.807, 2.05) is 4.72 Å². The molecule has 0 saturated carbocycles. The van der Waals surface area contributed by atoms with Crippen LogP contribution in [0.4, 0.5) is 29.6 Å². The van der Waals surface area contributed by atoms with Gasteiger partial charge in [0.2, 0.25) is 5.95 Å². The summed E-state index contributed by atoms with van der Waals surface area (Å²) in [4.78, 5) is 44.2. The molecule has 1 aromatic heterocycles. The second-order valence-electron chi connectivity index (χ2n) is 9.47. The molecule has 4 aromatic rings. The molecule has 0 spiro atoms. The summed E-state index contributed by atoms with van der Waals surface area (Å²) in [6.07, 6.45) is -4.58. The maximum atomic E-state index is 12.6. The van der Waals surface area contributed by atoms with E-state index in [4.69, 9.17) is 40.4 Å². The Bertz CT molecular complexity index is 2020. The van der Waals surface area contributed by atoms with Crippen LogP contribution in [0.15, 0.2) is 65.6 Å². The average molecular weight is 775 g/mol. The minimum Gasteiger partial charge on any atom is -0.490 e. The van der Waals surface area contributed by atoms with Crippen molar-refractivity contribution in [1.29, 1.82) is 0 Å². The number of rotatable bonds is 13. The first-order chi connectivity index (χ1) is 24.5. The molecule has 0 saturated heterocycles. The Morgan fingerprint density at radius 1 is 0.942 bits per heavy atom. The SMILES string of the molecule is COCCOc1ccccc1S(=O)(=O)NC(=O)Nc1nc(OC)nc(OC)n1.O=C(O)c1cc(Oc2ccc(C(F)(F)F)cc2Cl)ccc1[N+](=O)[O-]. The predicted molar refractivity (Wildman–Crippen MR) is 173 cm³/mol. The summed E-state index contributed by atoms with van der Waals surface area (Å²) in [5, 5.41) is 21.6. The van der Waals surface area contributed by atoms with E-state index >= 15 is 0 Å². The summed E-state index contributed by atoms with van der Waals surface area (Å²) < 4.78 is 89.8. The number of benzene rings is 3. The fourth-order valence-electron chi connectivity index (χ4n) is 3.70. The molecule has 1 heterocycles. The van der Waals surface area contributed by atoms with Gasteiger partial charge in [-0.2, -0.15) is 23.1 Å². The number of nitrogens with one attached hydrogen (secondary N) is 2. The van der Waals surface area contributed by atoms with Crippen molar-refractivity contribution in [2.75, 3.05) is 39.9 Å². The van der Waals surface area contributed by atoms with Crippen molar-refractivity contribution >= 4 is 45.3 Å². The van der Waals surface area contributed by atoms with Crippen molar-refractivity contribution in [3.8, 4) is 29.3 Å². The molecule has 0 aliphatic heterocycles. The molecule has 52 heavy (non-hydrogen) atoms. The number of halogens is 4. The number of urea groups is 1. The van der Waals surface area contributed by atoms with Crippen LogP contribution in [-0.4, -0.2) is 79.9 Å². The molecular formula is C29H26ClF3N6O12S. The molecular weight excluding hydrogens is 749 g/mol. The van der Waals surface area contributed by atoms with Gasteiger partial charge in [0.25, 0.3) is 15.7 Å². The number of hydrogen-bond donors (Lipinski definition) is 3. The number of anilines is 1. The van der Waals surface area contributed by atoms with Gasteiger partial charge in [-0.1, -0.05) is 23.7 Å². The Balaban J connectivity index is 0.000000284. The molecule has 0 aliphatic carbocycles. The maximum Gasteiger partial charge on any atom is 0.416 e. The monoisotopic (exact) mass is 774 g/mol. The number of aromatic nitrogens is 3. The van der Waals surface area contributed by atoms with Crippen LogP contribution in [0.25, 0.3) is 0 Å². The first-order valence-corrected chi connectivity index (χ1v) is 15.8. The summed E-state index contributed by atoms with van der Waals surface area (Å²) in [5.41, 5.74) is -2.25. The fraction of sp³-hybridized carbons (Fsp3) is 0.207. The van der Waals surface area contributed by atoms with Gasteiger partial charge in [-0.3, -0.25) is 15.4 Å².